The van der Waals surface area contributed by atoms with Crippen LogP contribution in [-0.4, -0.2) is 29.5 Å². The molecule has 4 rings (SSSR count). The number of H-pyrrole nitrogens is 1. The molecule has 0 atom stereocenters. The predicted octanol–water partition coefficient (Wildman–Crippen LogP) is 3.84. The van der Waals surface area contributed by atoms with E-state index in [1.54, 1.807) is 40.8 Å². The fraction of sp³-hybridized carbons (Fsp3) is 0.105. The van der Waals surface area contributed by atoms with Crippen molar-refractivity contribution in [2.24, 2.45) is 0 Å². The maximum atomic E-state index is 13.0. The molecule has 28 heavy (non-hydrogen) atoms. The molecule has 2 heterocycles. The quantitative estimate of drug-likeness (QED) is 0.497. The SMILES string of the molecule is COc1ccc(OC)c(NC(=O)c2sc(=S)n3c2[nH]c(=O)c2ccccc23)c1. The fourth-order valence-corrected chi connectivity index (χ4v) is 4.26. The summed E-state index contributed by atoms with van der Waals surface area (Å²) in [5, 5.41) is 3.32. The molecule has 0 radical (unpaired) electrons. The number of amides is 1. The van der Waals surface area contributed by atoms with E-state index < -0.39 is 5.91 Å². The molecular weight excluding hydrogens is 398 g/mol. The molecule has 0 fully saturated rings. The molecule has 4 aromatic rings. The van der Waals surface area contributed by atoms with Gasteiger partial charge in [-0.2, -0.15) is 0 Å². The van der Waals surface area contributed by atoms with Crippen LogP contribution >= 0.6 is 23.6 Å². The number of methoxy groups -OCH3 is 2. The molecule has 0 spiro atoms. The number of aromatic nitrogens is 2. The largest absolute Gasteiger partial charge is 0.497 e. The van der Waals surface area contributed by atoms with Gasteiger partial charge in [-0.15, -0.1) is 0 Å². The monoisotopic (exact) mass is 413 g/mol. The summed E-state index contributed by atoms with van der Waals surface area (Å²) in [5.74, 6) is 0.654. The Morgan fingerprint density at radius 3 is 2.71 bits per heavy atom. The smallest absolute Gasteiger partial charge is 0.269 e. The molecule has 0 bridgehead atoms. The second-order valence-electron chi connectivity index (χ2n) is 5.87. The predicted molar refractivity (Wildman–Crippen MR) is 112 cm³/mol. The number of nitrogens with one attached hydrogen (secondary N) is 2. The molecule has 2 aromatic heterocycles. The van der Waals surface area contributed by atoms with Crippen LogP contribution in [0.2, 0.25) is 0 Å². The number of hydrogen-bond donors (Lipinski definition) is 2. The van der Waals surface area contributed by atoms with Crippen molar-refractivity contribution in [3.8, 4) is 11.5 Å². The van der Waals surface area contributed by atoms with Crippen molar-refractivity contribution >= 4 is 51.7 Å². The van der Waals surface area contributed by atoms with Crippen LogP contribution < -0.4 is 20.3 Å². The zero-order valence-corrected chi connectivity index (χ0v) is 16.6. The average Bonchev–Trinajstić information content (AvgIpc) is 3.04. The number of carbonyl (C=O) groups excluding carboxylic acids is 1. The Balaban J connectivity index is 1.85. The molecule has 0 aliphatic rings. The number of hydrogen-bond acceptors (Lipinski definition) is 6. The highest BCUT2D eigenvalue weighted by Crippen LogP contribution is 2.30. The minimum absolute atomic E-state index is 0.281. The van der Waals surface area contributed by atoms with Gasteiger partial charge in [0.1, 0.15) is 22.0 Å². The van der Waals surface area contributed by atoms with Gasteiger partial charge in [0, 0.05) is 6.07 Å². The minimum Gasteiger partial charge on any atom is -0.497 e. The Morgan fingerprint density at radius 1 is 1.18 bits per heavy atom. The number of benzene rings is 2. The summed E-state index contributed by atoms with van der Waals surface area (Å²) in [6, 6.07) is 12.2. The Bertz CT molecular complexity index is 1340. The number of thiazole rings is 1. The van der Waals surface area contributed by atoms with Crippen molar-refractivity contribution in [2.45, 2.75) is 0 Å². The number of anilines is 1. The lowest BCUT2D eigenvalue weighted by Gasteiger charge is -2.11. The number of ether oxygens (including phenoxy) is 2. The van der Waals surface area contributed by atoms with Gasteiger partial charge in [-0.05, 0) is 36.5 Å². The molecule has 2 N–H and O–H groups in total. The first-order valence-electron chi connectivity index (χ1n) is 8.23. The van der Waals surface area contributed by atoms with E-state index in [1.807, 2.05) is 6.07 Å². The molecule has 0 unspecified atom stereocenters. The molecule has 9 heteroatoms. The second kappa shape index (κ2) is 7.10. The van der Waals surface area contributed by atoms with Gasteiger partial charge in [0.15, 0.2) is 3.95 Å². The molecule has 142 valence electrons. The summed E-state index contributed by atoms with van der Waals surface area (Å²) in [6.45, 7) is 0. The van der Waals surface area contributed by atoms with E-state index >= 15 is 0 Å². The van der Waals surface area contributed by atoms with Crippen molar-refractivity contribution < 1.29 is 14.3 Å². The minimum atomic E-state index is -0.406. The molecule has 0 saturated carbocycles. The van der Waals surface area contributed by atoms with Gasteiger partial charge >= 0.3 is 0 Å². The highest BCUT2D eigenvalue weighted by molar-refractivity contribution is 7.73. The highest BCUT2D eigenvalue weighted by atomic mass is 32.1. The van der Waals surface area contributed by atoms with E-state index in [0.717, 1.165) is 11.3 Å². The molecule has 0 saturated heterocycles. The lowest BCUT2D eigenvalue weighted by Crippen LogP contribution is -2.15. The molecule has 7 nitrogen and oxygen atoms in total. The number of aromatic amines is 1. The van der Waals surface area contributed by atoms with Crippen molar-refractivity contribution in [2.75, 3.05) is 19.5 Å². The van der Waals surface area contributed by atoms with Crippen molar-refractivity contribution in [1.82, 2.24) is 9.38 Å². The van der Waals surface area contributed by atoms with E-state index in [0.29, 0.717) is 42.6 Å². The van der Waals surface area contributed by atoms with E-state index in [9.17, 15) is 9.59 Å². The summed E-state index contributed by atoms with van der Waals surface area (Å²) in [7, 11) is 3.05. The van der Waals surface area contributed by atoms with Crippen LogP contribution in [0.25, 0.3) is 16.6 Å². The van der Waals surface area contributed by atoms with Crippen LogP contribution in [0.1, 0.15) is 9.67 Å². The summed E-state index contributed by atoms with van der Waals surface area (Å²) in [4.78, 5) is 28.5. The van der Waals surface area contributed by atoms with Crippen LogP contribution in [0, 0.1) is 3.95 Å². The summed E-state index contributed by atoms with van der Waals surface area (Å²) in [5.41, 5.74) is 1.18. The first-order chi connectivity index (χ1) is 13.5. The third-order valence-corrected chi connectivity index (χ3v) is 5.67. The average molecular weight is 413 g/mol. The number of rotatable bonds is 4. The first-order valence-corrected chi connectivity index (χ1v) is 9.46. The number of carbonyl (C=O) groups is 1. The van der Waals surface area contributed by atoms with Crippen molar-refractivity contribution in [1.29, 1.82) is 0 Å². The lowest BCUT2D eigenvalue weighted by molar-refractivity contribution is 0.103. The zero-order valence-electron chi connectivity index (χ0n) is 14.9. The molecule has 0 aliphatic heterocycles. The molecule has 2 aromatic carbocycles. The Kier molecular flexibility index (Phi) is 4.62. The van der Waals surface area contributed by atoms with Crippen LogP contribution in [-0.2, 0) is 0 Å². The van der Waals surface area contributed by atoms with E-state index in [4.69, 9.17) is 21.7 Å². The number of para-hydroxylation sites is 1. The van der Waals surface area contributed by atoms with Crippen LogP contribution in [0.4, 0.5) is 5.69 Å². The van der Waals surface area contributed by atoms with Gasteiger partial charge in [-0.3, -0.25) is 14.0 Å². The normalized spacial score (nSPS) is 10.9. The highest BCUT2D eigenvalue weighted by Gasteiger charge is 2.19. The number of fused-ring (bicyclic) bond motifs is 3. The van der Waals surface area contributed by atoms with Crippen LogP contribution in [0.15, 0.2) is 47.3 Å². The first kappa shape index (κ1) is 18.2. The van der Waals surface area contributed by atoms with Crippen molar-refractivity contribution in [3.63, 3.8) is 0 Å². The van der Waals surface area contributed by atoms with Gasteiger partial charge < -0.3 is 19.8 Å². The lowest BCUT2D eigenvalue weighted by atomic mass is 10.2. The maximum absolute atomic E-state index is 13.0. The summed E-state index contributed by atoms with van der Waals surface area (Å²) >= 11 is 6.58. The standard InChI is InChI=1S/C19H15N3O4S2/c1-25-10-7-8-14(26-2)12(9-10)20-18(24)15-16-21-17(23)11-5-3-4-6-13(11)22(16)19(27)28-15/h3-9H,1-2H3,(H,20,24)(H,21,23). The maximum Gasteiger partial charge on any atom is 0.269 e. The van der Waals surface area contributed by atoms with E-state index in [1.165, 1.54) is 14.2 Å². The summed E-state index contributed by atoms with van der Waals surface area (Å²) < 4.78 is 12.7. The van der Waals surface area contributed by atoms with Gasteiger partial charge in [-0.1, -0.05) is 23.5 Å². The Morgan fingerprint density at radius 2 is 1.96 bits per heavy atom. The Labute approximate surface area is 168 Å². The van der Waals surface area contributed by atoms with Gasteiger partial charge in [0.2, 0.25) is 0 Å². The second-order valence-corrected chi connectivity index (χ2v) is 7.52. The summed E-state index contributed by atoms with van der Waals surface area (Å²) in [6.07, 6.45) is 0. The number of nitrogens with zero attached hydrogens (tertiary/aromatic N) is 1. The van der Waals surface area contributed by atoms with Crippen molar-refractivity contribution in [3.05, 3.63) is 61.6 Å². The third kappa shape index (κ3) is 2.94. The zero-order chi connectivity index (χ0) is 19.8. The molecule has 1 amide bonds. The fourth-order valence-electron chi connectivity index (χ4n) is 2.99. The van der Waals surface area contributed by atoms with Gasteiger partial charge in [-0.25, -0.2) is 0 Å². The van der Waals surface area contributed by atoms with Gasteiger partial charge in [0.05, 0.1) is 30.8 Å². The van der Waals surface area contributed by atoms with E-state index in [-0.39, 0.29) is 5.56 Å². The van der Waals surface area contributed by atoms with Crippen LogP contribution in [0.5, 0.6) is 11.5 Å². The van der Waals surface area contributed by atoms with Gasteiger partial charge in [0.25, 0.3) is 11.5 Å². The molecular formula is C19H15N3O4S2. The molecule has 0 aliphatic carbocycles. The third-order valence-electron chi connectivity index (χ3n) is 4.29. The Hall–Kier alpha value is -3.17. The van der Waals surface area contributed by atoms with E-state index in [2.05, 4.69) is 10.3 Å². The van der Waals surface area contributed by atoms with Crippen LogP contribution in [0.3, 0.4) is 0 Å². The topological polar surface area (TPSA) is 84.8 Å².